The number of aryl methyl sites for hydroxylation is 2. The molecule has 0 atom stereocenters. The van der Waals surface area contributed by atoms with E-state index in [2.05, 4.69) is 21.0 Å². The molecule has 23 heavy (non-hydrogen) atoms. The first-order chi connectivity index (χ1) is 10.9. The van der Waals surface area contributed by atoms with E-state index >= 15 is 0 Å². The van der Waals surface area contributed by atoms with Crippen LogP contribution in [0.1, 0.15) is 22.5 Å². The molecule has 0 spiro atoms. The Balaban J connectivity index is 1.97. The van der Waals surface area contributed by atoms with Gasteiger partial charge in [-0.25, -0.2) is 4.79 Å². The van der Waals surface area contributed by atoms with Crippen molar-refractivity contribution in [1.29, 1.82) is 0 Å². The molecule has 122 valence electrons. The van der Waals surface area contributed by atoms with E-state index in [0.717, 1.165) is 32.7 Å². The molecule has 0 saturated carbocycles. The van der Waals surface area contributed by atoms with Crippen LogP contribution >= 0.6 is 15.9 Å². The fourth-order valence-electron chi connectivity index (χ4n) is 2.18. The van der Waals surface area contributed by atoms with Crippen molar-refractivity contribution in [3.05, 3.63) is 51.3 Å². The van der Waals surface area contributed by atoms with Gasteiger partial charge in [0.15, 0.2) is 0 Å². The van der Waals surface area contributed by atoms with Crippen molar-refractivity contribution < 1.29 is 14.3 Å². The third-order valence-electron chi connectivity index (χ3n) is 3.55. The van der Waals surface area contributed by atoms with Crippen LogP contribution in [0.4, 0.5) is 0 Å². The zero-order valence-corrected chi connectivity index (χ0v) is 15.2. The smallest absolute Gasteiger partial charge is 0.331 e. The Kier molecular flexibility index (Phi) is 5.60. The molecule has 0 aliphatic heterocycles. The lowest BCUT2D eigenvalue weighted by molar-refractivity contribution is -0.138. The van der Waals surface area contributed by atoms with Gasteiger partial charge in [-0.05, 0) is 53.5 Å². The van der Waals surface area contributed by atoms with E-state index in [1.54, 1.807) is 17.9 Å². The summed E-state index contributed by atoms with van der Waals surface area (Å²) < 4.78 is 13.0. The number of rotatable bonds is 5. The molecule has 0 aliphatic carbocycles. The number of carbonyl (C=O) groups excluding carboxylic acids is 1. The summed E-state index contributed by atoms with van der Waals surface area (Å²) in [5.41, 5.74) is 3.71. The summed E-state index contributed by atoms with van der Waals surface area (Å²) in [6.07, 6.45) is 3.17. The lowest BCUT2D eigenvalue weighted by Gasteiger charge is -2.06. The number of hydrogen-bond donors (Lipinski definition) is 0. The predicted octanol–water partition coefficient (Wildman–Crippen LogP) is 3.56. The summed E-state index contributed by atoms with van der Waals surface area (Å²) in [4.78, 5) is 11.9. The van der Waals surface area contributed by atoms with Gasteiger partial charge < -0.3 is 9.47 Å². The van der Waals surface area contributed by atoms with Crippen molar-refractivity contribution in [2.75, 3.05) is 7.11 Å². The molecule has 0 bridgehead atoms. The maximum Gasteiger partial charge on any atom is 0.331 e. The molecule has 0 amide bonds. The van der Waals surface area contributed by atoms with Crippen molar-refractivity contribution in [2.24, 2.45) is 7.05 Å². The van der Waals surface area contributed by atoms with E-state index in [-0.39, 0.29) is 12.6 Å². The molecular weight excluding hydrogens is 360 g/mol. The Labute approximate surface area is 144 Å². The minimum atomic E-state index is -0.389. The summed E-state index contributed by atoms with van der Waals surface area (Å²) in [5, 5.41) is 4.30. The van der Waals surface area contributed by atoms with E-state index in [1.807, 2.05) is 39.1 Å². The van der Waals surface area contributed by atoms with Gasteiger partial charge in [0.1, 0.15) is 12.4 Å². The number of halogens is 1. The van der Waals surface area contributed by atoms with Crippen LogP contribution in [0.5, 0.6) is 5.75 Å². The standard InChI is InChI=1S/C17H19BrN2O3/c1-11-14(12(2)20(3)19-11)6-8-17(21)23-10-13-5-7-16(22-4)15(18)9-13/h5-9H,10H2,1-4H3/b8-6+. The first-order valence-electron chi connectivity index (χ1n) is 7.09. The van der Waals surface area contributed by atoms with Crippen molar-refractivity contribution in [1.82, 2.24) is 9.78 Å². The Morgan fingerprint density at radius 2 is 2.13 bits per heavy atom. The summed E-state index contributed by atoms with van der Waals surface area (Å²) in [6, 6.07) is 5.55. The monoisotopic (exact) mass is 378 g/mol. The van der Waals surface area contributed by atoms with Gasteiger partial charge in [-0.15, -0.1) is 0 Å². The first-order valence-corrected chi connectivity index (χ1v) is 7.89. The minimum Gasteiger partial charge on any atom is -0.496 e. The van der Waals surface area contributed by atoms with Crippen LogP contribution in [0.3, 0.4) is 0 Å². The molecule has 0 unspecified atom stereocenters. The maximum absolute atomic E-state index is 11.9. The molecule has 1 heterocycles. The number of ether oxygens (including phenoxy) is 2. The molecule has 6 heteroatoms. The summed E-state index contributed by atoms with van der Waals surface area (Å²) in [6.45, 7) is 4.07. The molecule has 0 radical (unpaired) electrons. The quantitative estimate of drug-likeness (QED) is 0.589. The predicted molar refractivity (Wildman–Crippen MR) is 92.2 cm³/mol. The highest BCUT2D eigenvalue weighted by molar-refractivity contribution is 9.10. The summed E-state index contributed by atoms with van der Waals surface area (Å²) in [5.74, 6) is 0.349. The van der Waals surface area contributed by atoms with E-state index in [9.17, 15) is 4.79 Å². The van der Waals surface area contributed by atoms with E-state index < -0.39 is 0 Å². The van der Waals surface area contributed by atoms with E-state index in [4.69, 9.17) is 9.47 Å². The second-order valence-electron chi connectivity index (χ2n) is 5.12. The Bertz CT molecular complexity index is 751. The second-order valence-corrected chi connectivity index (χ2v) is 5.97. The van der Waals surface area contributed by atoms with E-state index in [0.29, 0.717) is 0 Å². The molecule has 1 aromatic carbocycles. The Morgan fingerprint density at radius 3 is 2.70 bits per heavy atom. The minimum absolute atomic E-state index is 0.205. The highest BCUT2D eigenvalue weighted by Crippen LogP contribution is 2.25. The molecule has 0 fully saturated rings. The highest BCUT2D eigenvalue weighted by Gasteiger charge is 2.07. The SMILES string of the molecule is COc1ccc(COC(=O)/C=C/c2c(C)nn(C)c2C)cc1Br. The second kappa shape index (κ2) is 7.46. The first kappa shape index (κ1) is 17.3. The van der Waals surface area contributed by atoms with Gasteiger partial charge in [0, 0.05) is 24.4 Å². The van der Waals surface area contributed by atoms with Gasteiger partial charge in [-0.2, -0.15) is 5.10 Å². The number of hydrogen-bond acceptors (Lipinski definition) is 4. The van der Waals surface area contributed by atoms with Crippen molar-refractivity contribution in [3.8, 4) is 5.75 Å². The zero-order valence-electron chi connectivity index (χ0n) is 13.6. The topological polar surface area (TPSA) is 53.4 Å². The maximum atomic E-state index is 11.9. The lowest BCUT2D eigenvalue weighted by Crippen LogP contribution is -2.01. The van der Waals surface area contributed by atoms with Crippen molar-refractivity contribution in [3.63, 3.8) is 0 Å². The number of benzene rings is 1. The van der Waals surface area contributed by atoms with Crippen LogP contribution in [0.15, 0.2) is 28.7 Å². The molecular formula is C17H19BrN2O3. The largest absolute Gasteiger partial charge is 0.496 e. The average molecular weight is 379 g/mol. The number of methoxy groups -OCH3 is 1. The number of carbonyl (C=O) groups is 1. The molecule has 2 rings (SSSR count). The van der Waals surface area contributed by atoms with Crippen LogP contribution in [0, 0.1) is 13.8 Å². The molecule has 0 saturated heterocycles. The van der Waals surface area contributed by atoms with Gasteiger partial charge in [0.2, 0.25) is 0 Å². The molecule has 0 aliphatic rings. The molecule has 2 aromatic rings. The van der Waals surface area contributed by atoms with Crippen LogP contribution in [-0.4, -0.2) is 22.9 Å². The third kappa shape index (κ3) is 4.22. The third-order valence-corrected chi connectivity index (χ3v) is 4.17. The number of nitrogens with zero attached hydrogens (tertiary/aromatic N) is 2. The van der Waals surface area contributed by atoms with Crippen LogP contribution in [0.2, 0.25) is 0 Å². The summed E-state index contributed by atoms with van der Waals surface area (Å²) >= 11 is 3.41. The Morgan fingerprint density at radius 1 is 1.39 bits per heavy atom. The van der Waals surface area contributed by atoms with Crippen LogP contribution in [0.25, 0.3) is 6.08 Å². The van der Waals surface area contributed by atoms with Gasteiger partial charge in [0.25, 0.3) is 0 Å². The Hall–Kier alpha value is -2.08. The molecule has 5 nitrogen and oxygen atoms in total. The number of esters is 1. The van der Waals surface area contributed by atoms with Crippen molar-refractivity contribution >= 4 is 28.0 Å². The number of aromatic nitrogens is 2. The van der Waals surface area contributed by atoms with Gasteiger partial charge in [-0.1, -0.05) is 6.07 Å². The van der Waals surface area contributed by atoms with Gasteiger partial charge >= 0.3 is 5.97 Å². The fraction of sp³-hybridized carbons (Fsp3) is 0.294. The van der Waals surface area contributed by atoms with Gasteiger partial charge in [-0.3, -0.25) is 4.68 Å². The summed E-state index contributed by atoms with van der Waals surface area (Å²) in [7, 11) is 3.48. The fourth-order valence-corrected chi connectivity index (χ4v) is 2.77. The normalized spacial score (nSPS) is 11.0. The average Bonchev–Trinajstić information content (AvgIpc) is 2.76. The van der Waals surface area contributed by atoms with Crippen molar-refractivity contribution in [2.45, 2.75) is 20.5 Å². The van der Waals surface area contributed by atoms with Crippen LogP contribution in [-0.2, 0) is 23.2 Å². The van der Waals surface area contributed by atoms with E-state index in [1.165, 1.54) is 6.08 Å². The molecule has 1 aromatic heterocycles. The molecule has 0 N–H and O–H groups in total. The lowest BCUT2D eigenvalue weighted by atomic mass is 10.2. The highest BCUT2D eigenvalue weighted by atomic mass is 79.9. The van der Waals surface area contributed by atoms with Gasteiger partial charge in [0.05, 0.1) is 17.3 Å². The van der Waals surface area contributed by atoms with Crippen LogP contribution < -0.4 is 4.74 Å². The zero-order chi connectivity index (χ0) is 17.0.